The molecule has 134 valence electrons. The number of methoxy groups -OCH3 is 1. The molecule has 4 aromatic rings. The normalized spacial score (nSPS) is 11.7. The van der Waals surface area contributed by atoms with Gasteiger partial charge in [-0.1, -0.05) is 23.7 Å². The van der Waals surface area contributed by atoms with Crippen LogP contribution in [0.15, 0.2) is 82.2 Å². The molecule has 3 nitrogen and oxygen atoms in total. The van der Waals surface area contributed by atoms with Crippen molar-refractivity contribution in [1.29, 1.82) is 0 Å². The zero-order chi connectivity index (χ0) is 18.8. The van der Waals surface area contributed by atoms with Crippen LogP contribution < -0.4 is 10.1 Å². The van der Waals surface area contributed by atoms with Crippen LogP contribution in [0, 0.1) is 6.92 Å². The Hall–Kier alpha value is -3.04. The molecule has 0 saturated carbocycles. The average molecular weight is 376 g/mol. The summed E-state index contributed by atoms with van der Waals surface area (Å²) >= 11 is 6.21. The summed E-state index contributed by atoms with van der Waals surface area (Å²) in [6.07, 6.45) is 0. The standard InChI is InChI=1S/C23H18ClNO2/c1-15-4-3-5-18(12-15)25-21-14-23(16-6-9-19(26-2)10-7-16)27-22-11-8-17(24)13-20(21)22/h3-14H,1-2H3. The Morgan fingerprint density at radius 1 is 0.926 bits per heavy atom. The molecule has 0 unspecified atom stereocenters. The van der Waals surface area contributed by atoms with Crippen LogP contribution in [0.2, 0.25) is 5.02 Å². The number of nitrogens with zero attached hydrogens (tertiary/aromatic N) is 1. The summed E-state index contributed by atoms with van der Waals surface area (Å²) in [5.41, 5.74) is 3.74. The minimum absolute atomic E-state index is 0.649. The van der Waals surface area contributed by atoms with E-state index >= 15 is 0 Å². The lowest BCUT2D eigenvalue weighted by molar-refractivity contribution is 0.415. The summed E-state index contributed by atoms with van der Waals surface area (Å²) in [5.74, 6) is 1.54. The van der Waals surface area contributed by atoms with E-state index in [1.807, 2.05) is 66.7 Å². The van der Waals surface area contributed by atoms with Crippen molar-refractivity contribution < 1.29 is 9.15 Å². The van der Waals surface area contributed by atoms with Gasteiger partial charge in [0, 0.05) is 22.0 Å². The van der Waals surface area contributed by atoms with Crippen molar-refractivity contribution in [2.45, 2.75) is 6.92 Å². The van der Waals surface area contributed by atoms with Crippen LogP contribution in [-0.2, 0) is 0 Å². The molecule has 0 radical (unpaired) electrons. The number of fused-ring (bicyclic) bond motifs is 1. The lowest BCUT2D eigenvalue weighted by Gasteiger charge is -2.07. The number of ether oxygens (including phenoxy) is 1. The number of aryl methyl sites for hydroxylation is 1. The maximum atomic E-state index is 6.21. The first-order valence-electron chi connectivity index (χ1n) is 8.61. The van der Waals surface area contributed by atoms with E-state index in [0.29, 0.717) is 5.02 Å². The van der Waals surface area contributed by atoms with Gasteiger partial charge in [-0.25, -0.2) is 4.99 Å². The SMILES string of the molecule is COc1ccc(-c2cc(=Nc3cccc(C)c3)c3cc(Cl)ccc3o2)cc1. The van der Waals surface area contributed by atoms with E-state index < -0.39 is 0 Å². The molecule has 0 aliphatic heterocycles. The van der Waals surface area contributed by atoms with Gasteiger partial charge in [0.05, 0.1) is 18.2 Å². The summed E-state index contributed by atoms with van der Waals surface area (Å²) in [7, 11) is 1.65. The number of hydrogen-bond acceptors (Lipinski definition) is 3. The Morgan fingerprint density at radius 2 is 1.74 bits per heavy atom. The Balaban J connectivity index is 1.96. The lowest BCUT2D eigenvalue weighted by Crippen LogP contribution is -2.03. The fourth-order valence-electron chi connectivity index (χ4n) is 2.97. The monoisotopic (exact) mass is 375 g/mol. The van der Waals surface area contributed by atoms with Crippen LogP contribution in [0.1, 0.15) is 5.56 Å². The van der Waals surface area contributed by atoms with Crippen LogP contribution in [0.4, 0.5) is 5.69 Å². The predicted octanol–water partition coefficient (Wildman–Crippen LogP) is 6.30. The number of hydrogen-bond donors (Lipinski definition) is 0. The second-order valence-corrected chi connectivity index (χ2v) is 6.75. The number of rotatable bonds is 3. The number of halogens is 1. The maximum Gasteiger partial charge on any atom is 0.136 e. The topological polar surface area (TPSA) is 34.7 Å². The third-order valence-electron chi connectivity index (χ3n) is 4.33. The maximum absolute atomic E-state index is 6.21. The van der Waals surface area contributed by atoms with Crippen molar-refractivity contribution in [3.63, 3.8) is 0 Å². The first-order chi connectivity index (χ1) is 13.1. The van der Waals surface area contributed by atoms with Gasteiger partial charge in [-0.2, -0.15) is 0 Å². The third-order valence-corrected chi connectivity index (χ3v) is 4.57. The van der Waals surface area contributed by atoms with E-state index in [2.05, 4.69) is 13.0 Å². The summed E-state index contributed by atoms with van der Waals surface area (Å²) in [6, 6.07) is 23.4. The van der Waals surface area contributed by atoms with Crippen LogP contribution in [0.25, 0.3) is 22.3 Å². The molecule has 0 bridgehead atoms. The van der Waals surface area contributed by atoms with Crippen molar-refractivity contribution in [1.82, 2.24) is 0 Å². The third kappa shape index (κ3) is 3.74. The van der Waals surface area contributed by atoms with Gasteiger partial charge in [-0.05, 0) is 67.1 Å². The van der Waals surface area contributed by atoms with E-state index in [0.717, 1.165) is 44.7 Å². The summed E-state index contributed by atoms with van der Waals surface area (Å²) in [5, 5.41) is 2.34. The first-order valence-corrected chi connectivity index (χ1v) is 8.99. The molecular formula is C23H18ClNO2. The van der Waals surface area contributed by atoms with Crippen molar-refractivity contribution >= 4 is 28.3 Å². The molecule has 1 aromatic heterocycles. The summed E-state index contributed by atoms with van der Waals surface area (Å²) in [6.45, 7) is 2.05. The van der Waals surface area contributed by atoms with E-state index in [9.17, 15) is 0 Å². The zero-order valence-corrected chi connectivity index (χ0v) is 15.8. The molecule has 1 heterocycles. The van der Waals surface area contributed by atoms with Gasteiger partial charge in [0.2, 0.25) is 0 Å². The highest BCUT2D eigenvalue weighted by molar-refractivity contribution is 6.31. The summed E-state index contributed by atoms with van der Waals surface area (Å²) < 4.78 is 11.4. The Bertz CT molecular complexity index is 1180. The average Bonchev–Trinajstić information content (AvgIpc) is 2.68. The molecule has 0 aliphatic carbocycles. The molecular weight excluding hydrogens is 358 g/mol. The molecule has 0 aliphatic rings. The van der Waals surface area contributed by atoms with Crippen LogP contribution in [0.3, 0.4) is 0 Å². The van der Waals surface area contributed by atoms with Gasteiger partial charge >= 0.3 is 0 Å². The molecule has 0 atom stereocenters. The zero-order valence-electron chi connectivity index (χ0n) is 15.1. The molecule has 0 amide bonds. The van der Waals surface area contributed by atoms with Crippen LogP contribution in [0.5, 0.6) is 5.75 Å². The Kier molecular flexibility index (Phi) is 4.69. The van der Waals surface area contributed by atoms with Gasteiger partial charge in [0.15, 0.2) is 0 Å². The van der Waals surface area contributed by atoms with Gasteiger partial charge in [0.25, 0.3) is 0 Å². The van der Waals surface area contributed by atoms with E-state index in [1.54, 1.807) is 7.11 Å². The van der Waals surface area contributed by atoms with Gasteiger partial charge in [-0.15, -0.1) is 0 Å². The van der Waals surface area contributed by atoms with Gasteiger partial charge < -0.3 is 9.15 Å². The highest BCUT2D eigenvalue weighted by atomic mass is 35.5. The van der Waals surface area contributed by atoms with Crippen molar-refractivity contribution in [3.8, 4) is 17.1 Å². The second kappa shape index (κ2) is 7.29. The smallest absolute Gasteiger partial charge is 0.136 e. The minimum atomic E-state index is 0.649. The van der Waals surface area contributed by atoms with Crippen molar-refractivity contribution in [3.05, 3.63) is 88.7 Å². The van der Waals surface area contributed by atoms with E-state index in [4.69, 9.17) is 25.7 Å². The highest BCUT2D eigenvalue weighted by Crippen LogP contribution is 2.26. The van der Waals surface area contributed by atoms with E-state index in [-0.39, 0.29) is 0 Å². The fourth-order valence-corrected chi connectivity index (χ4v) is 3.14. The predicted molar refractivity (Wildman–Crippen MR) is 110 cm³/mol. The molecule has 0 saturated heterocycles. The molecule has 0 spiro atoms. The molecule has 0 fully saturated rings. The molecule has 4 heteroatoms. The van der Waals surface area contributed by atoms with Crippen LogP contribution >= 0.6 is 11.6 Å². The minimum Gasteiger partial charge on any atom is -0.497 e. The Labute approximate surface area is 162 Å². The molecule has 27 heavy (non-hydrogen) atoms. The lowest BCUT2D eigenvalue weighted by atomic mass is 10.1. The largest absolute Gasteiger partial charge is 0.497 e. The van der Waals surface area contributed by atoms with Gasteiger partial charge in [0.1, 0.15) is 17.1 Å². The first kappa shape index (κ1) is 17.4. The molecule has 0 N–H and O–H groups in total. The molecule has 4 rings (SSSR count). The Morgan fingerprint density at radius 3 is 2.48 bits per heavy atom. The van der Waals surface area contributed by atoms with Crippen molar-refractivity contribution in [2.75, 3.05) is 7.11 Å². The highest BCUT2D eigenvalue weighted by Gasteiger charge is 2.07. The quantitative estimate of drug-likeness (QED) is 0.421. The van der Waals surface area contributed by atoms with Gasteiger partial charge in [-0.3, -0.25) is 0 Å². The van der Waals surface area contributed by atoms with Crippen LogP contribution in [-0.4, -0.2) is 7.11 Å². The number of benzene rings is 3. The van der Waals surface area contributed by atoms with E-state index in [1.165, 1.54) is 0 Å². The fraction of sp³-hybridized carbons (Fsp3) is 0.0870. The second-order valence-electron chi connectivity index (χ2n) is 6.32. The van der Waals surface area contributed by atoms with Crippen molar-refractivity contribution in [2.24, 2.45) is 4.99 Å². The molecule has 3 aromatic carbocycles. The summed E-state index contributed by atoms with van der Waals surface area (Å²) in [4.78, 5) is 4.85.